The third-order valence-electron chi connectivity index (χ3n) is 4.49. The van der Waals surface area contributed by atoms with Gasteiger partial charge in [-0.05, 0) is 36.6 Å². The largest absolute Gasteiger partial charge is 0.465 e. The number of amides is 2. The molecule has 0 heterocycles. The van der Waals surface area contributed by atoms with Gasteiger partial charge < -0.3 is 26.2 Å². The third-order valence-corrected chi connectivity index (χ3v) is 4.49. The molecule has 162 valence electrons. The fourth-order valence-corrected chi connectivity index (χ4v) is 2.90. The highest BCUT2D eigenvalue weighted by Crippen LogP contribution is 2.12. The molecule has 2 rings (SSSR count). The van der Waals surface area contributed by atoms with Crippen LogP contribution in [0, 0.1) is 11.6 Å². The molecule has 0 saturated carbocycles. The van der Waals surface area contributed by atoms with E-state index in [2.05, 4.69) is 16.0 Å². The summed E-state index contributed by atoms with van der Waals surface area (Å²) in [6.45, 7) is 1.85. The zero-order valence-corrected chi connectivity index (χ0v) is 16.4. The lowest BCUT2D eigenvalue weighted by Gasteiger charge is -2.25. The van der Waals surface area contributed by atoms with Gasteiger partial charge in [-0.1, -0.05) is 30.3 Å². The number of hydrogen-bond acceptors (Lipinski definition) is 4. The maximum atomic E-state index is 13.4. The Balaban J connectivity index is 1.89. The maximum Gasteiger partial charge on any atom is 0.404 e. The van der Waals surface area contributed by atoms with Gasteiger partial charge in [0.15, 0.2) is 0 Å². The zero-order chi connectivity index (χ0) is 22.1. The van der Waals surface area contributed by atoms with Crippen molar-refractivity contribution in [2.75, 3.05) is 6.54 Å². The van der Waals surface area contributed by atoms with Crippen LogP contribution in [0.1, 0.15) is 18.1 Å². The number of carboxylic acid groups (broad SMARTS) is 1. The molecule has 9 heteroatoms. The highest BCUT2D eigenvalue weighted by atomic mass is 19.1. The number of benzene rings is 2. The summed E-state index contributed by atoms with van der Waals surface area (Å²) in [7, 11) is 0. The van der Waals surface area contributed by atoms with Crippen molar-refractivity contribution in [1.82, 2.24) is 16.0 Å². The van der Waals surface area contributed by atoms with Gasteiger partial charge in [-0.15, -0.1) is 0 Å². The van der Waals surface area contributed by atoms with E-state index in [1.165, 1.54) is 0 Å². The summed E-state index contributed by atoms with van der Waals surface area (Å²) in [6, 6.07) is 10.5. The molecule has 0 fully saturated rings. The first-order valence-electron chi connectivity index (χ1n) is 9.42. The van der Waals surface area contributed by atoms with Gasteiger partial charge in [-0.3, -0.25) is 4.79 Å². The molecule has 1 unspecified atom stereocenters. The quantitative estimate of drug-likeness (QED) is 0.402. The Kier molecular flexibility index (Phi) is 8.70. The van der Waals surface area contributed by atoms with Crippen molar-refractivity contribution in [1.29, 1.82) is 0 Å². The Hall–Kier alpha value is -3.04. The summed E-state index contributed by atoms with van der Waals surface area (Å²) in [6.07, 6.45) is -2.75. The smallest absolute Gasteiger partial charge is 0.404 e. The molecule has 0 spiro atoms. The van der Waals surface area contributed by atoms with Crippen LogP contribution in [-0.2, 0) is 17.8 Å². The Bertz CT molecular complexity index is 831. The van der Waals surface area contributed by atoms with Crippen LogP contribution in [0.5, 0.6) is 0 Å². The molecule has 0 aliphatic heterocycles. The van der Waals surface area contributed by atoms with Crippen LogP contribution in [0.15, 0.2) is 48.5 Å². The molecular formula is C21H25F2N3O4. The SMILES string of the molecule is CC(NC[C@@H](O)[C@H](Cc1cc(F)cc(F)c1)NC(=O)O)C(=O)NCc1ccccc1. The number of nitrogens with one attached hydrogen (secondary N) is 3. The number of rotatable bonds is 10. The molecule has 2 amide bonds. The van der Waals surface area contributed by atoms with E-state index in [0.717, 1.165) is 17.7 Å². The molecule has 2 aromatic rings. The third kappa shape index (κ3) is 7.76. The number of aliphatic hydroxyl groups is 1. The minimum absolute atomic E-state index is 0.108. The van der Waals surface area contributed by atoms with E-state index >= 15 is 0 Å². The van der Waals surface area contributed by atoms with Crippen molar-refractivity contribution in [3.63, 3.8) is 0 Å². The van der Waals surface area contributed by atoms with Gasteiger partial charge in [-0.2, -0.15) is 0 Å². The lowest BCUT2D eigenvalue weighted by atomic mass is 10.0. The first-order chi connectivity index (χ1) is 14.2. The monoisotopic (exact) mass is 421 g/mol. The van der Waals surface area contributed by atoms with Crippen LogP contribution in [-0.4, -0.2) is 46.9 Å². The van der Waals surface area contributed by atoms with Gasteiger partial charge in [0.1, 0.15) is 11.6 Å². The molecule has 0 aliphatic rings. The van der Waals surface area contributed by atoms with Gasteiger partial charge in [0.2, 0.25) is 5.91 Å². The van der Waals surface area contributed by atoms with E-state index < -0.39 is 35.9 Å². The number of hydrogen-bond donors (Lipinski definition) is 5. The van der Waals surface area contributed by atoms with Crippen molar-refractivity contribution in [2.45, 2.75) is 38.1 Å². The molecular weight excluding hydrogens is 396 g/mol. The highest BCUT2D eigenvalue weighted by molar-refractivity contribution is 5.81. The first kappa shape index (κ1) is 23.2. The molecule has 0 aromatic heterocycles. The van der Waals surface area contributed by atoms with Gasteiger partial charge in [0.05, 0.1) is 18.2 Å². The molecule has 0 radical (unpaired) electrons. The normalized spacial score (nSPS) is 13.9. The molecule has 30 heavy (non-hydrogen) atoms. The second kappa shape index (κ2) is 11.2. The fourth-order valence-electron chi connectivity index (χ4n) is 2.90. The lowest BCUT2D eigenvalue weighted by Crippen LogP contribution is -2.51. The van der Waals surface area contributed by atoms with Crippen LogP contribution in [0.4, 0.5) is 13.6 Å². The van der Waals surface area contributed by atoms with E-state index in [4.69, 9.17) is 5.11 Å². The first-order valence-corrected chi connectivity index (χ1v) is 9.42. The average Bonchev–Trinajstić information content (AvgIpc) is 2.69. The van der Waals surface area contributed by atoms with Gasteiger partial charge in [-0.25, -0.2) is 13.6 Å². The van der Waals surface area contributed by atoms with Crippen LogP contribution in [0.2, 0.25) is 0 Å². The molecule has 0 saturated heterocycles. The van der Waals surface area contributed by atoms with Gasteiger partial charge in [0, 0.05) is 19.2 Å². The van der Waals surface area contributed by atoms with Crippen molar-refractivity contribution in [3.05, 3.63) is 71.3 Å². The molecule has 0 aliphatic carbocycles. The average molecular weight is 421 g/mol. The van der Waals surface area contributed by atoms with Crippen molar-refractivity contribution < 1.29 is 28.6 Å². The van der Waals surface area contributed by atoms with E-state index in [9.17, 15) is 23.5 Å². The van der Waals surface area contributed by atoms with E-state index in [1.807, 2.05) is 30.3 Å². The lowest BCUT2D eigenvalue weighted by molar-refractivity contribution is -0.123. The second-order valence-corrected chi connectivity index (χ2v) is 6.94. The Morgan fingerprint density at radius 1 is 1.03 bits per heavy atom. The van der Waals surface area contributed by atoms with Crippen LogP contribution in [0.25, 0.3) is 0 Å². The van der Waals surface area contributed by atoms with Gasteiger partial charge in [0.25, 0.3) is 0 Å². The summed E-state index contributed by atoms with van der Waals surface area (Å²) >= 11 is 0. The Labute approximate surface area is 173 Å². The van der Waals surface area contributed by atoms with Crippen LogP contribution < -0.4 is 16.0 Å². The maximum absolute atomic E-state index is 13.4. The Morgan fingerprint density at radius 3 is 2.27 bits per heavy atom. The number of carbonyl (C=O) groups is 2. The minimum Gasteiger partial charge on any atom is -0.465 e. The van der Waals surface area contributed by atoms with Crippen LogP contribution >= 0.6 is 0 Å². The van der Waals surface area contributed by atoms with Crippen molar-refractivity contribution in [3.8, 4) is 0 Å². The van der Waals surface area contributed by atoms with E-state index in [1.54, 1.807) is 6.92 Å². The van der Waals surface area contributed by atoms with Gasteiger partial charge >= 0.3 is 6.09 Å². The van der Waals surface area contributed by atoms with Crippen LogP contribution in [0.3, 0.4) is 0 Å². The van der Waals surface area contributed by atoms with Crippen molar-refractivity contribution in [2.24, 2.45) is 0 Å². The number of halogens is 2. The molecule has 2 aromatic carbocycles. The Morgan fingerprint density at radius 2 is 1.67 bits per heavy atom. The predicted molar refractivity (Wildman–Crippen MR) is 107 cm³/mol. The minimum atomic E-state index is -1.38. The summed E-state index contributed by atoms with van der Waals surface area (Å²) in [4.78, 5) is 23.2. The second-order valence-electron chi connectivity index (χ2n) is 6.94. The number of carbonyl (C=O) groups excluding carboxylic acids is 1. The summed E-state index contributed by atoms with van der Waals surface area (Å²) < 4.78 is 26.8. The van der Waals surface area contributed by atoms with Crippen molar-refractivity contribution >= 4 is 12.0 Å². The number of aliphatic hydroxyl groups excluding tert-OH is 1. The summed E-state index contributed by atoms with van der Waals surface area (Å²) in [5.41, 5.74) is 1.13. The van der Waals surface area contributed by atoms with E-state index in [-0.39, 0.29) is 24.4 Å². The summed E-state index contributed by atoms with van der Waals surface area (Å²) in [5.74, 6) is -1.88. The fraction of sp³-hybridized carbons (Fsp3) is 0.333. The zero-order valence-electron chi connectivity index (χ0n) is 16.4. The topological polar surface area (TPSA) is 111 Å². The molecule has 7 nitrogen and oxygen atoms in total. The summed E-state index contributed by atoms with van der Waals surface area (Å²) in [5, 5.41) is 27.1. The predicted octanol–water partition coefficient (Wildman–Crippen LogP) is 1.80. The van der Waals surface area contributed by atoms with E-state index in [0.29, 0.717) is 12.6 Å². The standard InChI is InChI=1S/C21H25F2N3O4/c1-13(20(28)25-11-14-5-3-2-4-6-14)24-12-19(27)18(26-21(29)30)9-15-7-16(22)10-17(23)8-15/h2-8,10,13,18-19,24,26-27H,9,11-12H2,1H3,(H,25,28)(H,29,30)/t13?,18-,19+/m0/s1. The molecule has 0 bridgehead atoms. The molecule has 5 N–H and O–H groups in total. The molecule has 3 atom stereocenters. The highest BCUT2D eigenvalue weighted by Gasteiger charge is 2.23.